The number of anilines is 2. The van der Waals surface area contributed by atoms with Gasteiger partial charge in [-0.2, -0.15) is 0 Å². The van der Waals surface area contributed by atoms with Crippen molar-refractivity contribution in [1.82, 2.24) is 5.32 Å². The minimum Gasteiger partial charge on any atom is -0.368 e. The number of carbonyl (C=O) groups excluding carboxylic acids is 1. The highest BCUT2D eigenvalue weighted by Gasteiger charge is 2.15. The van der Waals surface area contributed by atoms with Crippen LogP contribution >= 0.6 is 11.6 Å². The summed E-state index contributed by atoms with van der Waals surface area (Å²) in [4.78, 5) is 14.6. The maximum atomic E-state index is 12.4. The molecule has 2 N–H and O–H groups in total. The second-order valence-electron chi connectivity index (χ2n) is 5.67. The second-order valence-corrected chi connectivity index (χ2v) is 6.08. The van der Waals surface area contributed by atoms with Gasteiger partial charge in [-0.25, -0.2) is 0 Å². The number of carbonyl (C=O) groups is 1. The number of halogens is 1. The molecular formula is C18H20ClN3O. The third-order valence-electron chi connectivity index (χ3n) is 4.05. The zero-order valence-electron chi connectivity index (χ0n) is 13.1. The van der Waals surface area contributed by atoms with Crippen molar-refractivity contribution in [3.8, 4) is 0 Å². The summed E-state index contributed by atoms with van der Waals surface area (Å²) >= 11 is 6.41. The first-order valence-corrected chi connectivity index (χ1v) is 8.15. The topological polar surface area (TPSA) is 44.4 Å². The minimum atomic E-state index is -0.117. The Hall–Kier alpha value is -2.04. The van der Waals surface area contributed by atoms with Crippen molar-refractivity contribution in [1.29, 1.82) is 0 Å². The lowest BCUT2D eigenvalue weighted by molar-refractivity contribution is 0.102. The van der Waals surface area contributed by atoms with Gasteiger partial charge in [-0.15, -0.1) is 0 Å². The van der Waals surface area contributed by atoms with E-state index in [0.29, 0.717) is 16.3 Å². The zero-order chi connectivity index (χ0) is 16.2. The van der Waals surface area contributed by atoms with Crippen molar-refractivity contribution < 1.29 is 4.79 Å². The Bertz CT molecular complexity index is 711. The molecule has 0 bridgehead atoms. The molecule has 1 fully saturated rings. The van der Waals surface area contributed by atoms with Gasteiger partial charge in [0.15, 0.2) is 0 Å². The van der Waals surface area contributed by atoms with E-state index in [1.807, 2.05) is 49.4 Å². The van der Waals surface area contributed by atoms with Crippen LogP contribution in [0.25, 0.3) is 0 Å². The zero-order valence-corrected chi connectivity index (χ0v) is 13.9. The molecule has 0 aliphatic carbocycles. The van der Waals surface area contributed by atoms with Crippen molar-refractivity contribution in [2.75, 3.05) is 36.4 Å². The molecule has 2 aromatic carbocycles. The molecule has 0 spiro atoms. The lowest BCUT2D eigenvalue weighted by Crippen LogP contribution is -2.43. The molecule has 1 aliphatic rings. The first-order chi connectivity index (χ1) is 11.1. The summed E-state index contributed by atoms with van der Waals surface area (Å²) < 4.78 is 0. The van der Waals surface area contributed by atoms with Crippen LogP contribution in [0.15, 0.2) is 42.5 Å². The van der Waals surface area contributed by atoms with E-state index in [1.165, 1.54) is 0 Å². The molecular weight excluding hydrogens is 310 g/mol. The summed E-state index contributed by atoms with van der Waals surface area (Å²) in [6.45, 7) is 5.73. The highest BCUT2D eigenvalue weighted by Crippen LogP contribution is 2.29. The van der Waals surface area contributed by atoms with Gasteiger partial charge >= 0.3 is 0 Å². The molecule has 1 aliphatic heterocycles. The average molecular weight is 330 g/mol. The number of hydrogen-bond acceptors (Lipinski definition) is 3. The molecule has 1 saturated heterocycles. The summed E-state index contributed by atoms with van der Waals surface area (Å²) in [7, 11) is 0. The summed E-state index contributed by atoms with van der Waals surface area (Å²) in [5.74, 6) is -0.117. The van der Waals surface area contributed by atoms with Gasteiger partial charge < -0.3 is 15.5 Å². The third kappa shape index (κ3) is 3.66. The van der Waals surface area contributed by atoms with Crippen molar-refractivity contribution >= 4 is 28.9 Å². The van der Waals surface area contributed by atoms with Gasteiger partial charge in [-0.1, -0.05) is 29.8 Å². The molecule has 0 unspecified atom stereocenters. The first kappa shape index (κ1) is 15.8. The van der Waals surface area contributed by atoms with Crippen LogP contribution in [-0.2, 0) is 0 Å². The number of nitrogens with zero attached hydrogens (tertiary/aromatic N) is 1. The van der Waals surface area contributed by atoms with Crippen LogP contribution in [-0.4, -0.2) is 32.1 Å². The molecule has 5 heteroatoms. The summed E-state index contributed by atoms with van der Waals surface area (Å²) in [5, 5.41) is 6.90. The average Bonchev–Trinajstić information content (AvgIpc) is 2.56. The molecule has 23 heavy (non-hydrogen) atoms. The number of nitrogens with one attached hydrogen (secondary N) is 2. The maximum absolute atomic E-state index is 12.4. The fraction of sp³-hybridized carbons (Fsp3) is 0.278. The summed E-state index contributed by atoms with van der Waals surface area (Å²) in [6.07, 6.45) is 0. The van der Waals surface area contributed by atoms with Gasteiger partial charge in [-0.3, -0.25) is 4.79 Å². The smallest absolute Gasteiger partial charge is 0.255 e. The van der Waals surface area contributed by atoms with E-state index in [9.17, 15) is 4.79 Å². The molecule has 0 atom stereocenters. The van der Waals surface area contributed by atoms with E-state index in [0.717, 1.165) is 37.4 Å². The molecule has 4 nitrogen and oxygen atoms in total. The number of benzene rings is 2. The van der Waals surface area contributed by atoms with Gasteiger partial charge in [0.2, 0.25) is 0 Å². The van der Waals surface area contributed by atoms with Crippen LogP contribution < -0.4 is 15.5 Å². The van der Waals surface area contributed by atoms with Gasteiger partial charge in [-0.05, 0) is 36.8 Å². The van der Waals surface area contributed by atoms with Gasteiger partial charge in [0, 0.05) is 37.4 Å². The Morgan fingerprint density at radius 3 is 2.61 bits per heavy atom. The van der Waals surface area contributed by atoms with E-state index in [4.69, 9.17) is 11.6 Å². The Morgan fingerprint density at radius 2 is 1.91 bits per heavy atom. The predicted molar refractivity (Wildman–Crippen MR) is 95.7 cm³/mol. The lowest BCUT2D eigenvalue weighted by Gasteiger charge is -2.30. The monoisotopic (exact) mass is 329 g/mol. The van der Waals surface area contributed by atoms with E-state index in [2.05, 4.69) is 15.5 Å². The lowest BCUT2D eigenvalue weighted by atomic mass is 10.1. The fourth-order valence-electron chi connectivity index (χ4n) is 2.77. The molecule has 2 aromatic rings. The second kappa shape index (κ2) is 7.02. The van der Waals surface area contributed by atoms with Crippen LogP contribution in [0.5, 0.6) is 0 Å². The quantitative estimate of drug-likeness (QED) is 0.908. The Balaban J connectivity index is 1.75. The molecule has 1 heterocycles. The molecule has 0 radical (unpaired) electrons. The Kier molecular flexibility index (Phi) is 4.84. The number of rotatable bonds is 3. The summed E-state index contributed by atoms with van der Waals surface area (Å²) in [5.41, 5.74) is 3.35. The third-order valence-corrected chi connectivity index (χ3v) is 4.36. The Labute approximate surface area is 141 Å². The fourth-order valence-corrected chi connectivity index (χ4v) is 3.07. The number of aryl methyl sites for hydroxylation is 1. The highest BCUT2D eigenvalue weighted by atomic mass is 35.5. The highest BCUT2D eigenvalue weighted by molar-refractivity contribution is 6.33. The van der Waals surface area contributed by atoms with Crippen LogP contribution in [0.2, 0.25) is 5.02 Å². The van der Waals surface area contributed by atoms with E-state index < -0.39 is 0 Å². The van der Waals surface area contributed by atoms with Crippen molar-refractivity contribution in [2.24, 2.45) is 0 Å². The minimum absolute atomic E-state index is 0.117. The number of hydrogen-bond donors (Lipinski definition) is 2. The van der Waals surface area contributed by atoms with E-state index in [-0.39, 0.29) is 5.91 Å². The largest absolute Gasteiger partial charge is 0.368 e. The van der Waals surface area contributed by atoms with Crippen LogP contribution in [0.1, 0.15) is 15.9 Å². The molecule has 1 amide bonds. The van der Waals surface area contributed by atoms with Crippen molar-refractivity contribution in [3.05, 3.63) is 58.6 Å². The summed E-state index contributed by atoms with van der Waals surface area (Å²) in [6, 6.07) is 13.2. The molecule has 120 valence electrons. The predicted octanol–water partition coefficient (Wildman–Crippen LogP) is 3.31. The van der Waals surface area contributed by atoms with Crippen LogP contribution in [0.4, 0.5) is 11.4 Å². The van der Waals surface area contributed by atoms with E-state index >= 15 is 0 Å². The standard InChI is InChI=1S/C18H20ClN3O/c1-13-4-2-3-5-15(13)18(23)21-14-6-7-17(16(19)12-14)22-10-8-20-9-11-22/h2-7,12,20H,8-11H2,1H3,(H,21,23). The molecule has 0 aromatic heterocycles. The van der Waals surface area contributed by atoms with Crippen molar-refractivity contribution in [3.63, 3.8) is 0 Å². The van der Waals surface area contributed by atoms with Crippen molar-refractivity contribution in [2.45, 2.75) is 6.92 Å². The normalized spacial score (nSPS) is 14.6. The number of piperazine rings is 1. The SMILES string of the molecule is Cc1ccccc1C(=O)Nc1ccc(N2CCNCC2)c(Cl)c1. The van der Waals surface area contributed by atoms with Crippen LogP contribution in [0.3, 0.4) is 0 Å². The van der Waals surface area contributed by atoms with E-state index in [1.54, 1.807) is 0 Å². The molecule has 0 saturated carbocycles. The van der Waals surface area contributed by atoms with Crippen LogP contribution in [0, 0.1) is 6.92 Å². The van der Waals surface area contributed by atoms with Gasteiger partial charge in [0.1, 0.15) is 0 Å². The number of amides is 1. The molecule has 3 rings (SSSR count). The van der Waals surface area contributed by atoms with Gasteiger partial charge in [0.25, 0.3) is 5.91 Å². The Morgan fingerprint density at radius 1 is 1.17 bits per heavy atom. The maximum Gasteiger partial charge on any atom is 0.255 e. The first-order valence-electron chi connectivity index (χ1n) is 7.77. The van der Waals surface area contributed by atoms with Gasteiger partial charge in [0.05, 0.1) is 10.7 Å².